The lowest BCUT2D eigenvalue weighted by Gasteiger charge is -2.11. The molecule has 0 aliphatic heterocycles. The van der Waals surface area contributed by atoms with Crippen LogP contribution in [0.3, 0.4) is 0 Å². The quantitative estimate of drug-likeness (QED) is 0.438. The van der Waals surface area contributed by atoms with Crippen molar-refractivity contribution in [1.29, 1.82) is 0 Å². The Morgan fingerprint density at radius 1 is 1.12 bits per heavy atom. The third kappa shape index (κ3) is 2.66. The summed E-state index contributed by atoms with van der Waals surface area (Å²) in [4.78, 5) is 41.6. The number of rotatable bonds is 3. The largest absolute Gasteiger partial charge is 0.619 e. The van der Waals surface area contributed by atoms with Crippen molar-refractivity contribution in [3.8, 4) is 0 Å². The summed E-state index contributed by atoms with van der Waals surface area (Å²) in [6.45, 7) is 0.308. The van der Waals surface area contributed by atoms with Crippen molar-refractivity contribution in [3.63, 3.8) is 0 Å². The first kappa shape index (κ1) is 16.1. The number of aromatic nitrogens is 2. The first-order chi connectivity index (χ1) is 12.5. The van der Waals surface area contributed by atoms with E-state index in [9.17, 15) is 19.6 Å². The molecule has 1 aliphatic rings. The number of hydrogen-bond donors (Lipinski definition) is 1. The third-order valence-corrected chi connectivity index (χ3v) is 5.02. The van der Waals surface area contributed by atoms with Crippen LogP contribution in [0.4, 0.5) is 0 Å². The van der Waals surface area contributed by atoms with Gasteiger partial charge in [0.2, 0.25) is 11.6 Å². The predicted molar refractivity (Wildman–Crippen MR) is 92.0 cm³/mol. The highest BCUT2D eigenvalue weighted by Crippen LogP contribution is 2.30. The van der Waals surface area contributed by atoms with E-state index in [1.165, 1.54) is 6.07 Å². The fraction of sp³-hybridized carbons (Fsp3) is 0.0556. The second kappa shape index (κ2) is 6.16. The van der Waals surface area contributed by atoms with Crippen LogP contribution in [0.2, 0.25) is 0 Å². The Balaban J connectivity index is 1.62. The summed E-state index contributed by atoms with van der Waals surface area (Å²) in [5.74, 6) is -1.40. The van der Waals surface area contributed by atoms with Crippen LogP contribution >= 0.6 is 11.3 Å². The van der Waals surface area contributed by atoms with E-state index < -0.39 is 17.5 Å². The minimum Gasteiger partial charge on any atom is -0.619 e. The van der Waals surface area contributed by atoms with E-state index in [1.807, 2.05) is 30.3 Å². The first-order valence-electron chi connectivity index (χ1n) is 7.70. The highest BCUT2D eigenvalue weighted by molar-refractivity contribution is 7.16. The zero-order valence-electron chi connectivity index (χ0n) is 13.3. The van der Waals surface area contributed by atoms with Crippen molar-refractivity contribution in [1.82, 2.24) is 10.3 Å². The lowest BCUT2D eigenvalue weighted by Crippen LogP contribution is -2.30. The molecule has 26 heavy (non-hydrogen) atoms. The number of amides is 1. The molecule has 1 aliphatic carbocycles. The highest BCUT2D eigenvalue weighted by atomic mass is 32.1. The second-order valence-corrected chi connectivity index (χ2v) is 6.65. The minimum atomic E-state index is -0.529. The van der Waals surface area contributed by atoms with E-state index in [0.717, 1.165) is 29.3 Å². The SMILES string of the molecule is O=C(NCc1ccccc1)c1nc2c(s1)C(=O)c1cc[n+]([O-])cc1C2=O. The van der Waals surface area contributed by atoms with Gasteiger partial charge in [0.15, 0.2) is 17.4 Å². The third-order valence-electron chi connectivity index (χ3n) is 3.96. The van der Waals surface area contributed by atoms with Crippen LogP contribution in [-0.2, 0) is 6.54 Å². The average Bonchev–Trinajstić information content (AvgIpc) is 3.11. The predicted octanol–water partition coefficient (Wildman–Crippen LogP) is 1.48. The van der Waals surface area contributed by atoms with Gasteiger partial charge in [-0.3, -0.25) is 14.4 Å². The number of hydrogen-bond acceptors (Lipinski definition) is 6. The van der Waals surface area contributed by atoms with Crippen LogP contribution < -0.4 is 10.0 Å². The van der Waals surface area contributed by atoms with Crippen molar-refractivity contribution in [2.45, 2.75) is 6.54 Å². The number of nitrogens with one attached hydrogen (secondary N) is 1. The van der Waals surface area contributed by atoms with E-state index in [0.29, 0.717) is 11.3 Å². The zero-order valence-corrected chi connectivity index (χ0v) is 14.1. The van der Waals surface area contributed by atoms with Crippen LogP contribution in [0.5, 0.6) is 0 Å². The summed E-state index contributed by atoms with van der Waals surface area (Å²) in [6.07, 6.45) is 2.20. The van der Waals surface area contributed by atoms with E-state index in [4.69, 9.17) is 0 Å². The molecule has 7 nitrogen and oxygen atoms in total. The van der Waals surface area contributed by atoms with Gasteiger partial charge >= 0.3 is 0 Å². The van der Waals surface area contributed by atoms with Crippen LogP contribution in [0.25, 0.3) is 0 Å². The maximum absolute atomic E-state index is 12.6. The number of ketones is 2. The molecule has 0 radical (unpaired) electrons. The summed E-state index contributed by atoms with van der Waals surface area (Å²) in [5, 5.41) is 14.2. The molecular formula is C18H11N3O4S. The lowest BCUT2D eigenvalue weighted by molar-refractivity contribution is -0.605. The Kier molecular flexibility index (Phi) is 3.81. The number of pyridine rings is 1. The number of thiazole rings is 1. The Morgan fingerprint density at radius 3 is 2.65 bits per heavy atom. The Bertz CT molecular complexity index is 1060. The fourth-order valence-electron chi connectivity index (χ4n) is 2.69. The summed E-state index contributed by atoms with van der Waals surface area (Å²) in [7, 11) is 0. The van der Waals surface area contributed by atoms with Crippen molar-refractivity contribution < 1.29 is 19.1 Å². The molecule has 2 aromatic heterocycles. The highest BCUT2D eigenvalue weighted by Gasteiger charge is 2.36. The molecule has 1 aromatic carbocycles. The molecule has 8 heteroatoms. The Labute approximate surface area is 151 Å². The van der Waals surface area contributed by atoms with Gasteiger partial charge in [-0.05, 0) is 5.56 Å². The van der Waals surface area contributed by atoms with Gasteiger partial charge in [0, 0.05) is 18.2 Å². The monoisotopic (exact) mass is 365 g/mol. The average molecular weight is 365 g/mol. The van der Waals surface area contributed by atoms with Gasteiger partial charge in [0.25, 0.3) is 5.91 Å². The van der Waals surface area contributed by atoms with Gasteiger partial charge in [-0.25, -0.2) is 4.98 Å². The molecule has 3 aromatic rings. The molecule has 0 fully saturated rings. The van der Waals surface area contributed by atoms with Gasteiger partial charge in [-0.1, -0.05) is 30.3 Å². The van der Waals surface area contributed by atoms with Gasteiger partial charge < -0.3 is 10.5 Å². The van der Waals surface area contributed by atoms with Crippen molar-refractivity contribution in [2.75, 3.05) is 0 Å². The normalized spacial score (nSPS) is 12.5. The molecule has 0 unspecified atom stereocenters. The maximum Gasteiger partial charge on any atom is 0.280 e. The van der Waals surface area contributed by atoms with Crippen LogP contribution in [0, 0.1) is 5.21 Å². The molecule has 0 saturated carbocycles. The maximum atomic E-state index is 12.6. The molecule has 0 atom stereocenters. The van der Waals surface area contributed by atoms with Crippen LogP contribution in [0.1, 0.15) is 46.7 Å². The molecule has 128 valence electrons. The summed E-state index contributed by atoms with van der Waals surface area (Å²) < 4.78 is 0.453. The van der Waals surface area contributed by atoms with Crippen molar-refractivity contribution in [2.24, 2.45) is 0 Å². The lowest BCUT2D eigenvalue weighted by atomic mass is 9.93. The molecule has 0 bridgehead atoms. The first-order valence-corrected chi connectivity index (χ1v) is 8.51. The summed E-state index contributed by atoms with van der Waals surface area (Å²) in [6, 6.07) is 10.6. The topological polar surface area (TPSA) is 103 Å². The van der Waals surface area contributed by atoms with Crippen LogP contribution in [0.15, 0.2) is 48.8 Å². The molecule has 2 heterocycles. The van der Waals surface area contributed by atoms with Crippen molar-refractivity contribution >= 4 is 28.8 Å². The van der Waals surface area contributed by atoms with Crippen molar-refractivity contribution in [3.05, 3.63) is 86.3 Å². The molecule has 1 N–H and O–H groups in total. The smallest absolute Gasteiger partial charge is 0.280 e. The van der Waals surface area contributed by atoms with E-state index in [1.54, 1.807) is 0 Å². The number of fused-ring (bicyclic) bond motifs is 2. The number of carbonyl (C=O) groups is 3. The summed E-state index contributed by atoms with van der Waals surface area (Å²) in [5.41, 5.74) is 0.987. The standard InChI is InChI=1S/C18H11N3O4S/c22-14-12-9-21(25)7-6-11(12)15(23)16-13(14)20-18(26-16)17(24)19-8-10-4-2-1-3-5-10/h1-7,9H,8H2,(H,19,24). The minimum absolute atomic E-state index is 0.00143. The second-order valence-electron chi connectivity index (χ2n) is 5.66. The van der Waals surface area contributed by atoms with E-state index in [2.05, 4.69) is 10.3 Å². The Hall–Kier alpha value is -3.39. The van der Waals surface area contributed by atoms with E-state index >= 15 is 0 Å². The molecule has 4 rings (SSSR count). The van der Waals surface area contributed by atoms with Gasteiger partial charge in [0.05, 0.1) is 0 Å². The summed E-state index contributed by atoms with van der Waals surface area (Å²) >= 11 is 0.880. The molecular weight excluding hydrogens is 354 g/mol. The van der Waals surface area contributed by atoms with E-state index in [-0.39, 0.29) is 26.7 Å². The number of carbonyl (C=O) groups excluding carboxylic acids is 3. The number of nitrogens with zero attached hydrogens (tertiary/aromatic N) is 2. The molecule has 1 amide bonds. The van der Waals surface area contributed by atoms with Gasteiger partial charge in [-0.15, -0.1) is 11.3 Å². The number of benzene rings is 1. The Morgan fingerprint density at radius 2 is 1.88 bits per heavy atom. The zero-order chi connectivity index (χ0) is 18.3. The molecule has 0 saturated heterocycles. The fourth-order valence-corrected chi connectivity index (χ4v) is 3.62. The van der Waals surface area contributed by atoms with Crippen LogP contribution in [-0.4, -0.2) is 22.5 Å². The molecule has 0 spiro atoms. The van der Waals surface area contributed by atoms with Gasteiger partial charge in [-0.2, -0.15) is 4.73 Å². The van der Waals surface area contributed by atoms with Gasteiger partial charge in [0.1, 0.15) is 16.1 Å².